The fraction of sp³-hybridized carbons (Fsp3) is 0.529. The first-order chi connectivity index (χ1) is 11.6. The van der Waals surface area contributed by atoms with Gasteiger partial charge in [0.25, 0.3) is 0 Å². The van der Waals surface area contributed by atoms with Gasteiger partial charge in [-0.2, -0.15) is 0 Å². The third kappa shape index (κ3) is 4.03. The molecule has 0 aromatic heterocycles. The number of hydrogen-bond donors (Lipinski definition) is 2. The second kappa shape index (κ2) is 7.61. The van der Waals surface area contributed by atoms with Crippen molar-refractivity contribution < 1.29 is 18.7 Å². The summed E-state index contributed by atoms with van der Waals surface area (Å²) in [6.45, 7) is 1.92. The Balaban J connectivity index is 1.60. The highest BCUT2D eigenvalue weighted by atomic mass is 19.1. The van der Waals surface area contributed by atoms with Gasteiger partial charge in [-0.05, 0) is 37.0 Å². The number of nitrogens with zero attached hydrogens (tertiary/aromatic N) is 1. The molecule has 2 atom stereocenters. The number of carbonyl (C=O) groups is 2. The van der Waals surface area contributed by atoms with E-state index in [4.69, 9.17) is 4.74 Å². The topological polar surface area (TPSA) is 70.7 Å². The molecule has 7 heteroatoms. The second-order valence-electron chi connectivity index (χ2n) is 6.15. The van der Waals surface area contributed by atoms with E-state index in [1.165, 1.54) is 12.1 Å². The Bertz CT molecular complexity index is 593. The molecule has 24 heavy (non-hydrogen) atoms. The highest BCUT2D eigenvalue weighted by molar-refractivity contribution is 5.87. The zero-order chi connectivity index (χ0) is 16.9. The molecule has 2 fully saturated rings. The van der Waals surface area contributed by atoms with Crippen molar-refractivity contribution in [1.29, 1.82) is 0 Å². The van der Waals surface area contributed by atoms with Crippen molar-refractivity contribution in [3.05, 3.63) is 35.6 Å². The van der Waals surface area contributed by atoms with Crippen LogP contribution in [0.25, 0.3) is 0 Å². The summed E-state index contributed by atoms with van der Waals surface area (Å²) in [7, 11) is 0. The fourth-order valence-corrected chi connectivity index (χ4v) is 3.03. The minimum Gasteiger partial charge on any atom is -0.370 e. The largest absolute Gasteiger partial charge is 0.370 e. The average Bonchev–Trinajstić information content (AvgIpc) is 2.80. The van der Waals surface area contributed by atoms with Crippen molar-refractivity contribution >= 4 is 11.9 Å². The van der Waals surface area contributed by atoms with Gasteiger partial charge in [0.1, 0.15) is 18.0 Å². The molecule has 2 aliphatic heterocycles. The highest BCUT2D eigenvalue weighted by Crippen LogP contribution is 2.22. The van der Waals surface area contributed by atoms with Crippen molar-refractivity contribution in [2.24, 2.45) is 0 Å². The number of hydrogen-bond acceptors (Lipinski definition) is 3. The Hall–Kier alpha value is -2.15. The maximum atomic E-state index is 13.0. The summed E-state index contributed by atoms with van der Waals surface area (Å²) in [5, 5.41) is 5.63. The van der Waals surface area contributed by atoms with Crippen LogP contribution in [0, 0.1) is 5.82 Å². The van der Waals surface area contributed by atoms with Gasteiger partial charge in [-0.3, -0.25) is 4.79 Å². The summed E-state index contributed by atoms with van der Waals surface area (Å²) >= 11 is 0. The fourth-order valence-electron chi connectivity index (χ4n) is 3.03. The van der Waals surface area contributed by atoms with Gasteiger partial charge in [-0.1, -0.05) is 12.1 Å². The maximum absolute atomic E-state index is 13.0. The molecular weight excluding hydrogens is 313 g/mol. The first-order valence-corrected chi connectivity index (χ1v) is 8.34. The van der Waals surface area contributed by atoms with Gasteiger partial charge in [0, 0.05) is 13.1 Å². The third-order valence-corrected chi connectivity index (χ3v) is 4.43. The van der Waals surface area contributed by atoms with Crippen LogP contribution in [0.4, 0.5) is 9.18 Å². The molecule has 3 amide bonds. The quantitative estimate of drug-likeness (QED) is 0.862. The van der Waals surface area contributed by atoms with Crippen LogP contribution < -0.4 is 10.6 Å². The summed E-state index contributed by atoms with van der Waals surface area (Å²) < 4.78 is 18.7. The molecule has 0 spiro atoms. The van der Waals surface area contributed by atoms with E-state index in [2.05, 4.69) is 10.6 Å². The summed E-state index contributed by atoms with van der Waals surface area (Å²) in [5.41, 5.74) is 0.834. The number of ether oxygens (including phenoxy) is 1. The number of nitrogens with one attached hydrogen (secondary N) is 2. The van der Waals surface area contributed by atoms with Crippen LogP contribution in [0.2, 0.25) is 0 Å². The lowest BCUT2D eigenvalue weighted by atomic mass is 10.1. The van der Waals surface area contributed by atoms with E-state index in [1.54, 1.807) is 17.0 Å². The SMILES string of the molecule is O=C1NCCCC[C@@H]1NC(=O)N1CCO[C@@H](c2ccc(F)cc2)C1. The molecule has 2 heterocycles. The third-order valence-electron chi connectivity index (χ3n) is 4.43. The summed E-state index contributed by atoms with van der Waals surface area (Å²) in [6, 6.07) is 5.36. The van der Waals surface area contributed by atoms with Crippen molar-refractivity contribution in [1.82, 2.24) is 15.5 Å². The first kappa shape index (κ1) is 16.7. The van der Waals surface area contributed by atoms with Crippen molar-refractivity contribution in [3.8, 4) is 0 Å². The van der Waals surface area contributed by atoms with Crippen LogP contribution in [0.1, 0.15) is 30.9 Å². The number of carbonyl (C=O) groups excluding carboxylic acids is 2. The Labute approximate surface area is 140 Å². The van der Waals surface area contributed by atoms with Crippen molar-refractivity contribution in [2.45, 2.75) is 31.4 Å². The highest BCUT2D eigenvalue weighted by Gasteiger charge is 2.29. The zero-order valence-corrected chi connectivity index (χ0v) is 13.5. The molecule has 3 rings (SSSR count). The molecule has 6 nitrogen and oxygen atoms in total. The van der Waals surface area contributed by atoms with Gasteiger partial charge >= 0.3 is 6.03 Å². The predicted octanol–water partition coefficient (Wildman–Crippen LogP) is 1.58. The molecule has 0 bridgehead atoms. The lowest BCUT2D eigenvalue weighted by molar-refractivity contribution is -0.122. The van der Waals surface area contributed by atoms with Crippen LogP contribution in [-0.4, -0.2) is 49.1 Å². The van der Waals surface area contributed by atoms with E-state index >= 15 is 0 Å². The van der Waals surface area contributed by atoms with Gasteiger partial charge in [0.05, 0.1) is 13.2 Å². The van der Waals surface area contributed by atoms with E-state index in [-0.39, 0.29) is 23.9 Å². The summed E-state index contributed by atoms with van der Waals surface area (Å²) in [6.07, 6.45) is 2.21. The van der Waals surface area contributed by atoms with Crippen LogP contribution in [0.15, 0.2) is 24.3 Å². The van der Waals surface area contributed by atoms with Crippen molar-refractivity contribution in [3.63, 3.8) is 0 Å². The number of halogens is 1. The number of rotatable bonds is 2. The van der Waals surface area contributed by atoms with Crippen LogP contribution in [-0.2, 0) is 9.53 Å². The van der Waals surface area contributed by atoms with E-state index in [9.17, 15) is 14.0 Å². The lowest BCUT2D eigenvalue weighted by Crippen LogP contribution is -2.53. The van der Waals surface area contributed by atoms with Crippen LogP contribution >= 0.6 is 0 Å². The van der Waals surface area contributed by atoms with Crippen molar-refractivity contribution in [2.75, 3.05) is 26.2 Å². The molecule has 0 saturated carbocycles. The molecule has 0 aliphatic carbocycles. The molecule has 0 unspecified atom stereocenters. The van der Waals surface area contributed by atoms with Gasteiger partial charge in [-0.15, -0.1) is 0 Å². The normalized spacial score (nSPS) is 24.9. The Morgan fingerprint density at radius 3 is 2.88 bits per heavy atom. The summed E-state index contributed by atoms with van der Waals surface area (Å²) in [4.78, 5) is 26.1. The van der Waals surface area contributed by atoms with E-state index in [1.807, 2.05) is 0 Å². The first-order valence-electron chi connectivity index (χ1n) is 8.34. The average molecular weight is 335 g/mol. The van der Waals surface area contributed by atoms with Gasteiger partial charge < -0.3 is 20.3 Å². The predicted molar refractivity (Wildman–Crippen MR) is 85.8 cm³/mol. The number of amides is 3. The monoisotopic (exact) mass is 335 g/mol. The molecule has 0 radical (unpaired) electrons. The Morgan fingerprint density at radius 1 is 1.29 bits per heavy atom. The van der Waals surface area contributed by atoms with Crippen LogP contribution in [0.5, 0.6) is 0 Å². The number of benzene rings is 1. The minimum atomic E-state index is -0.480. The molecule has 1 aromatic carbocycles. The molecule has 2 saturated heterocycles. The summed E-state index contributed by atoms with van der Waals surface area (Å²) in [5.74, 6) is -0.423. The minimum absolute atomic E-state index is 0.121. The molecule has 130 valence electrons. The van der Waals surface area contributed by atoms with Gasteiger partial charge in [0.2, 0.25) is 5.91 Å². The maximum Gasteiger partial charge on any atom is 0.318 e. The van der Waals surface area contributed by atoms with E-state index in [0.717, 1.165) is 18.4 Å². The smallest absolute Gasteiger partial charge is 0.318 e. The Morgan fingerprint density at radius 2 is 2.08 bits per heavy atom. The number of morpholine rings is 1. The molecule has 2 aliphatic rings. The lowest BCUT2D eigenvalue weighted by Gasteiger charge is -2.34. The second-order valence-corrected chi connectivity index (χ2v) is 6.15. The number of urea groups is 1. The molecule has 1 aromatic rings. The van der Waals surface area contributed by atoms with Gasteiger partial charge in [0.15, 0.2) is 0 Å². The Kier molecular flexibility index (Phi) is 5.30. The standard InChI is InChI=1S/C17H22FN3O3/c18-13-6-4-12(5-7-13)15-11-21(9-10-24-15)17(23)20-14-3-1-2-8-19-16(14)22/h4-7,14-15H,1-3,8-11H2,(H,19,22)(H,20,23)/t14-,15+/m0/s1. The van der Waals surface area contributed by atoms with Gasteiger partial charge in [-0.25, -0.2) is 9.18 Å². The molecule has 2 N–H and O–H groups in total. The van der Waals surface area contributed by atoms with E-state index < -0.39 is 6.04 Å². The zero-order valence-electron chi connectivity index (χ0n) is 13.5. The van der Waals surface area contributed by atoms with Crippen LogP contribution in [0.3, 0.4) is 0 Å². The molecular formula is C17H22FN3O3. The van der Waals surface area contributed by atoms with E-state index in [0.29, 0.717) is 32.7 Å².